The third-order valence-corrected chi connectivity index (χ3v) is 1.52. The van der Waals surface area contributed by atoms with E-state index in [1.165, 1.54) is 6.92 Å². The monoisotopic (exact) mass is 203 g/mol. The molecule has 0 aromatic carbocycles. The van der Waals surface area contributed by atoms with Gasteiger partial charge in [0, 0.05) is 20.5 Å². The quantitative estimate of drug-likeness (QED) is 0.260. The second-order valence-electron chi connectivity index (χ2n) is 2.76. The number of guanidine groups is 1. The minimum absolute atomic E-state index is 0.00795. The van der Waals surface area contributed by atoms with Crippen LogP contribution in [0, 0.1) is 5.41 Å². The largest absolute Gasteiger partial charge is 0.463 e. The summed E-state index contributed by atoms with van der Waals surface area (Å²) in [7, 11) is 1.71. The lowest BCUT2D eigenvalue weighted by atomic mass is 10.6. The highest BCUT2D eigenvalue weighted by molar-refractivity contribution is 5.74. The topological polar surface area (TPSA) is 88.6 Å². The molecule has 0 saturated heterocycles. The molecule has 0 aromatic rings. The van der Waals surface area contributed by atoms with Crippen LogP contribution >= 0.6 is 0 Å². The third kappa shape index (κ3) is 7.35. The highest BCUT2D eigenvalue weighted by atomic mass is 16.6. The Hall–Kier alpha value is -1.30. The van der Waals surface area contributed by atoms with Gasteiger partial charge in [0.05, 0.1) is 13.2 Å². The van der Waals surface area contributed by atoms with Gasteiger partial charge in [-0.3, -0.25) is 10.2 Å². The van der Waals surface area contributed by atoms with E-state index in [4.69, 9.17) is 15.9 Å². The van der Waals surface area contributed by atoms with Crippen LogP contribution < -0.4 is 5.73 Å². The van der Waals surface area contributed by atoms with Crippen LogP contribution in [0.25, 0.3) is 0 Å². The molecule has 0 aromatic heterocycles. The van der Waals surface area contributed by atoms with E-state index in [1.54, 1.807) is 11.9 Å². The zero-order chi connectivity index (χ0) is 11.0. The second kappa shape index (κ2) is 7.14. The SMILES string of the molecule is CC(=O)OCCOCCN(C)C(=N)N. The van der Waals surface area contributed by atoms with Gasteiger partial charge in [-0.15, -0.1) is 0 Å². The van der Waals surface area contributed by atoms with Crippen molar-refractivity contribution >= 4 is 11.9 Å². The van der Waals surface area contributed by atoms with Crippen LogP contribution in [0.2, 0.25) is 0 Å². The lowest BCUT2D eigenvalue weighted by Crippen LogP contribution is -2.35. The fourth-order valence-electron chi connectivity index (χ4n) is 0.668. The summed E-state index contributed by atoms with van der Waals surface area (Å²) in [6.45, 7) is 2.99. The molecule has 0 bridgehead atoms. The van der Waals surface area contributed by atoms with E-state index in [1.807, 2.05) is 0 Å². The third-order valence-electron chi connectivity index (χ3n) is 1.52. The van der Waals surface area contributed by atoms with E-state index in [0.717, 1.165) is 0 Å². The molecule has 0 spiro atoms. The fraction of sp³-hybridized carbons (Fsp3) is 0.750. The van der Waals surface area contributed by atoms with Crippen LogP contribution in [-0.2, 0) is 14.3 Å². The molecule has 0 saturated carbocycles. The maximum atomic E-state index is 10.3. The minimum Gasteiger partial charge on any atom is -0.463 e. The Balaban J connectivity index is 3.21. The Morgan fingerprint density at radius 1 is 1.43 bits per heavy atom. The van der Waals surface area contributed by atoms with E-state index >= 15 is 0 Å². The Labute approximate surface area is 83.5 Å². The van der Waals surface area contributed by atoms with E-state index in [-0.39, 0.29) is 18.5 Å². The molecular weight excluding hydrogens is 186 g/mol. The molecule has 0 rings (SSSR count). The van der Waals surface area contributed by atoms with Gasteiger partial charge in [-0.05, 0) is 0 Å². The van der Waals surface area contributed by atoms with Crippen molar-refractivity contribution in [3.63, 3.8) is 0 Å². The van der Waals surface area contributed by atoms with Crippen molar-refractivity contribution in [3.05, 3.63) is 0 Å². The van der Waals surface area contributed by atoms with Crippen molar-refractivity contribution in [3.8, 4) is 0 Å². The number of carbonyl (C=O) groups is 1. The summed E-state index contributed by atoms with van der Waals surface area (Å²) >= 11 is 0. The van der Waals surface area contributed by atoms with Crippen molar-refractivity contribution in [2.75, 3.05) is 33.4 Å². The smallest absolute Gasteiger partial charge is 0.302 e. The highest BCUT2D eigenvalue weighted by Gasteiger charge is 1.98. The zero-order valence-electron chi connectivity index (χ0n) is 8.58. The Kier molecular flexibility index (Phi) is 6.47. The van der Waals surface area contributed by atoms with Crippen LogP contribution in [-0.4, -0.2) is 50.2 Å². The molecule has 0 unspecified atom stereocenters. The number of ether oxygens (including phenoxy) is 2. The number of carbonyl (C=O) groups excluding carboxylic acids is 1. The first kappa shape index (κ1) is 12.7. The molecule has 3 N–H and O–H groups in total. The lowest BCUT2D eigenvalue weighted by molar-refractivity contribution is -0.142. The molecule has 0 aliphatic rings. The van der Waals surface area contributed by atoms with Crippen LogP contribution in [0.5, 0.6) is 0 Å². The minimum atomic E-state index is -0.311. The Bertz CT molecular complexity index is 196. The van der Waals surface area contributed by atoms with Gasteiger partial charge in [0.25, 0.3) is 0 Å². The van der Waals surface area contributed by atoms with Gasteiger partial charge in [0.1, 0.15) is 6.61 Å². The maximum Gasteiger partial charge on any atom is 0.302 e. The summed E-state index contributed by atoms with van der Waals surface area (Å²) in [5.74, 6) is -0.303. The van der Waals surface area contributed by atoms with Gasteiger partial charge < -0.3 is 20.1 Å². The zero-order valence-corrected chi connectivity index (χ0v) is 8.58. The number of likely N-dealkylation sites (N-methyl/N-ethyl adjacent to an activating group) is 1. The first-order chi connectivity index (χ1) is 6.54. The summed E-state index contributed by atoms with van der Waals surface area (Å²) in [6.07, 6.45) is 0. The van der Waals surface area contributed by atoms with Gasteiger partial charge >= 0.3 is 5.97 Å². The average molecular weight is 203 g/mol. The van der Waals surface area contributed by atoms with E-state index < -0.39 is 0 Å². The highest BCUT2D eigenvalue weighted by Crippen LogP contribution is 1.83. The molecule has 14 heavy (non-hydrogen) atoms. The van der Waals surface area contributed by atoms with Gasteiger partial charge in [0.15, 0.2) is 5.96 Å². The number of rotatable bonds is 6. The predicted molar refractivity (Wildman–Crippen MR) is 52.0 cm³/mol. The molecule has 82 valence electrons. The van der Waals surface area contributed by atoms with Gasteiger partial charge in [-0.2, -0.15) is 0 Å². The predicted octanol–water partition coefficient (Wildman–Crippen LogP) is -0.609. The maximum absolute atomic E-state index is 10.3. The molecule has 0 aliphatic heterocycles. The summed E-state index contributed by atoms with van der Waals surface area (Å²) in [5, 5.41) is 7.05. The summed E-state index contributed by atoms with van der Waals surface area (Å²) < 4.78 is 9.79. The molecular formula is C8H17N3O3. The van der Waals surface area contributed by atoms with Gasteiger partial charge in [-0.1, -0.05) is 0 Å². The van der Waals surface area contributed by atoms with Crippen LogP contribution in [0.1, 0.15) is 6.92 Å². The molecule has 0 heterocycles. The number of nitrogens with one attached hydrogen (secondary N) is 1. The molecule has 6 nitrogen and oxygen atoms in total. The Morgan fingerprint density at radius 2 is 2.07 bits per heavy atom. The van der Waals surface area contributed by atoms with Crippen molar-refractivity contribution in [2.45, 2.75) is 6.92 Å². The number of nitrogens with zero attached hydrogens (tertiary/aromatic N) is 1. The van der Waals surface area contributed by atoms with E-state index in [9.17, 15) is 4.79 Å². The summed E-state index contributed by atoms with van der Waals surface area (Å²) in [6, 6.07) is 0. The van der Waals surface area contributed by atoms with E-state index in [2.05, 4.69) is 4.74 Å². The van der Waals surface area contributed by atoms with Crippen molar-refractivity contribution in [1.29, 1.82) is 5.41 Å². The van der Waals surface area contributed by atoms with Crippen molar-refractivity contribution in [2.24, 2.45) is 5.73 Å². The molecule has 0 amide bonds. The number of hydrogen-bond donors (Lipinski definition) is 2. The summed E-state index contributed by atoms with van der Waals surface area (Å²) in [5.41, 5.74) is 5.20. The number of nitrogens with two attached hydrogens (primary N) is 1. The van der Waals surface area contributed by atoms with Crippen LogP contribution in [0.4, 0.5) is 0 Å². The standard InChI is InChI=1S/C8H17N3O3/c1-7(12)14-6-5-13-4-3-11(2)8(9)10/h3-6H2,1-2H3,(H3,9,10). The molecule has 0 radical (unpaired) electrons. The first-order valence-electron chi connectivity index (χ1n) is 4.30. The molecule has 0 fully saturated rings. The number of hydrogen-bond acceptors (Lipinski definition) is 4. The van der Waals surface area contributed by atoms with Gasteiger partial charge in [-0.25, -0.2) is 0 Å². The molecule has 0 aliphatic carbocycles. The van der Waals surface area contributed by atoms with Crippen molar-refractivity contribution in [1.82, 2.24) is 4.90 Å². The van der Waals surface area contributed by atoms with Crippen LogP contribution in [0.3, 0.4) is 0 Å². The van der Waals surface area contributed by atoms with Gasteiger partial charge in [0.2, 0.25) is 0 Å². The molecule has 6 heteroatoms. The summed E-state index contributed by atoms with van der Waals surface area (Å²) in [4.78, 5) is 11.9. The lowest BCUT2D eigenvalue weighted by Gasteiger charge is -2.15. The van der Waals surface area contributed by atoms with Crippen LogP contribution in [0.15, 0.2) is 0 Å². The van der Waals surface area contributed by atoms with E-state index in [0.29, 0.717) is 19.8 Å². The fourth-order valence-corrected chi connectivity index (χ4v) is 0.668. The first-order valence-corrected chi connectivity index (χ1v) is 4.30. The number of esters is 1. The van der Waals surface area contributed by atoms with Crippen molar-refractivity contribution < 1.29 is 14.3 Å². The normalized spacial score (nSPS) is 9.57. The average Bonchev–Trinajstić information content (AvgIpc) is 2.09. The second-order valence-corrected chi connectivity index (χ2v) is 2.76. The Morgan fingerprint density at radius 3 is 2.57 bits per heavy atom. The molecule has 0 atom stereocenters.